The number of sulfonamides is 1. The maximum absolute atomic E-state index is 13.1. The van der Waals surface area contributed by atoms with Crippen LogP contribution >= 0.6 is 0 Å². The Morgan fingerprint density at radius 2 is 1.96 bits per heavy atom. The number of rotatable bonds is 3. The van der Waals surface area contributed by atoms with Gasteiger partial charge in [0.25, 0.3) is 0 Å². The zero-order valence-electron chi connectivity index (χ0n) is 14.3. The van der Waals surface area contributed by atoms with Crippen LogP contribution < -0.4 is 4.74 Å². The van der Waals surface area contributed by atoms with Crippen molar-refractivity contribution >= 4 is 16.0 Å². The van der Waals surface area contributed by atoms with E-state index in [4.69, 9.17) is 9.47 Å². The molecule has 2 aliphatic heterocycles. The average molecular weight is 373 g/mol. The number of carbonyl (C=O) groups excluding carboxylic acids is 1. The van der Waals surface area contributed by atoms with Crippen molar-refractivity contribution in [1.29, 1.82) is 0 Å². The lowest BCUT2D eigenvalue weighted by molar-refractivity contribution is -0.0345. The molecule has 1 spiro atoms. The number of esters is 1. The number of hydrogen-bond acceptors (Lipinski definition) is 5. The number of nitrogens with zero attached hydrogens (tertiary/aromatic N) is 1. The van der Waals surface area contributed by atoms with Gasteiger partial charge in [-0.25, -0.2) is 13.2 Å². The van der Waals surface area contributed by atoms with Crippen molar-refractivity contribution in [2.45, 2.75) is 23.3 Å². The number of benzene rings is 2. The lowest BCUT2D eigenvalue weighted by atomic mass is 9.86. The molecule has 1 saturated heterocycles. The van der Waals surface area contributed by atoms with Crippen LogP contribution in [0.15, 0.2) is 53.4 Å². The zero-order valence-corrected chi connectivity index (χ0v) is 15.2. The quantitative estimate of drug-likeness (QED) is 0.773. The zero-order chi connectivity index (χ0) is 18.4. The number of carbonyl (C=O) groups is 1. The van der Waals surface area contributed by atoms with Gasteiger partial charge < -0.3 is 9.47 Å². The standard InChI is InChI=1S/C19H19NO5S/c1-24-14-6-4-7-15(12-14)26(22,23)20-11-5-10-19(13-20)17-9-3-2-8-16(17)18(21)25-19/h2-4,6-9,12H,5,10-11,13H2,1H3. The highest BCUT2D eigenvalue weighted by Gasteiger charge is 2.50. The van der Waals surface area contributed by atoms with E-state index in [1.165, 1.54) is 17.5 Å². The lowest BCUT2D eigenvalue weighted by Crippen LogP contribution is -2.48. The Hall–Kier alpha value is -2.38. The summed E-state index contributed by atoms with van der Waals surface area (Å²) in [6.07, 6.45) is 1.23. The molecular formula is C19H19NO5S. The molecule has 26 heavy (non-hydrogen) atoms. The minimum atomic E-state index is -3.72. The van der Waals surface area contributed by atoms with Gasteiger partial charge in [-0.3, -0.25) is 0 Å². The highest BCUT2D eigenvalue weighted by atomic mass is 32.2. The molecule has 2 aromatic carbocycles. The molecule has 2 aliphatic rings. The maximum atomic E-state index is 13.1. The Labute approximate surface area is 152 Å². The Balaban J connectivity index is 1.70. The summed E-state index contributed by atoms with van der Waals surface area (Å²) in [4.78, 5) is 12.4. The van der Waals surface area contributed by atoms with E-state index in [-0.39, 0.29) is 17.4 Å². The van der Waals surface area contributed by atoms with E-state index in [0.29, 0.717) is 30.7 Å². The van der Waals surface area contributed by atoms with Crippen molar-refractivity contribution in [2.24, 2.45) is 0 Å². The SMILES string of the molecule is COc1cccc(S(=O)(=O)N2CCCC3(C2)OC(=O)c2ccccc23)c1. The summed E-state index contributed by atoms with van der Waals surface area (Å²) < 4.78 is 38.5. The van der Waals surface area contributed by atoms with Crippen molar-refractivity contribution in [3.05, 3.63) is 59.7 Å². The molecule has 1 fully saturated rings. The van der Waals surface area contributed by atoms with Crippen molar-refractivity contribution in [3.8, 4) is 5.75 Å². The summed E-state index contributed by atoms with van der Waals surface area (Å²) in [7, 11) is -2.22. The molecule has 1 atom stereocenters. The average Bonchev–Trinajstić information content (AvgIpc) is 2.93. The van der Waals surface area contributed by atoms with E-state index >= 15 is 0 Å². The second-order valence-corrected chi connectivity index (χ2v) is 8.49. The molecule has 0 bridgehead atoms. The van der Waals surface area contributed by atoms with Gasteiger partial charge in [0.15, 0.2) is 5.60 Å². The van der Waals surface area contributed by atoms with Crippen molar-refractivity contribution in [2.75, 3.05) is 20.2 Å². The fraction of sp³-hybridized carbons (Fsp3) is 0.316. The molecular weight excluding hydrogens is 354 g/mol. The molecule has 0 radical (unpaired) electrons. The fourth-order valence-electron chi connectivity index (χ4n) is 3.75. The van der Waals surface area contributed by atoms with Crippen LogP contribution in [0.2, 0.25) is 0 Å². The Kier molecular flexibility index (Phi) is 4.00. The van der Waals surface area contributed by atoms with E-state index in [9.17, 15) is 13.2 Å². The van der Waals surface area contributed by atoms with Crippen LogP contribution in [0, 0.1) is 0 Å². The van der Waals surface area contributed by atoms with E-state index in [2.05, 4.69) is 0 Å². The summed E-state index contributed by atoms with van der Waals surface area (Å²) in [5.74, 6) is 0.0941. The second kappa shape index (κ2) is 6.10. The molecule has 1 unspecified atom stereocenters. The molecule has 0 amide bonds. The van der Waals surface area contributed by atoms with Crippen LogP contribution in [-0.2, 0) is 20.4 Å². The third-order valence-corrected chi connectivity index (χ3v) is 6.87. The number of ether oxygens (including phenoxy) is 2. The molecule has 4 rings (SSSR count). The third kappa shape index (κ3) is 2.59. The van der Waals surface area contributed by atoms with Crippen molar-refractivity contribution in [1.82, 2.24) is 4.31 Å². The highest BCUT2D eigenvalue weighted by molar-refractivity contribution is 7.89. The van der Waals surface area contributed by atoms with Gasteiger partial charge in [-0.15, -0.1) is 0 Å². The van der Waals surface area contributed by atoms with E-state index < -0.39 is 15.6 Å². The van der Waals surface area contributed by atoms with Gasteiger partial charge >= 0.3 is 5.97 Å². The van der Waals surface area contributed by atoms with E-state index in [1.54, 1.807) is 30.3 Å². The molecule has 136 valence electrons. The third-order valence-electron chi connectivity index (χ3n) is 5.02. The largest absolute Gasteiger partial charge is 0.497 e. The normalized spacial score (nSPS) is 22.9. The summed E-state index contributed by atoms with van der Waals surface area (Å²) in [6, 6.07) is 13.6. The van der Waals surface area contributed by atoms with Gasteiger partial charge in [0.2, 0.25) is 10.0 Å². The first-order chi connectivity index (χ1) is 12.5. The highest BCUT2D eigenvalue weighted by Crippen LogP contribution is 2.43. The first kappa shape index (κ1) is 17.1. The Morgan fingerprint density at radius 1 is 1.15 bits per heavy atom. The van der Waals surface area contributed by atoms with Gasteiger partial charge in [-0.05, 0) is 31.0 Å². The van der Waals surface area contributed by atoms with Gasteiger partial charge in [0, 0.05) is 18.2 Å². The minimum Gasteiger partial charge on any atom is -0.497 e. The number of hydrogen-bond donors (Lipinski definition) is 0. The number of methoxy groups -OCH3 is 1. The number of piperidine rings is 1. The van der Waals surface area contributed by atoms with Gasteiger partial charge in [0.05, 0.1) is 24.1 Å². The topological polar surface area (TPSA) is 72.9 Å². The maximum Gasteiger partial charge on any atom is 0.339 e. The minimum absolute atomic E-state index is 0.120. The van der Waals surface area contributed by atoms with Crippen molar-refractivity contribution in [3.63, 3.8) is 0 Å². The van der Waals surface area contributed by atoms with Crippen LogP contribution in [0.3, 0.4) is 0 Å². The molecule has 6 nitrogen and oxygen atoms in total. The Bertz CT molecular complexity index is 971. The van der Waals surface area contributed by atoms with Crippen molar-refractivity contribution < 1.29 is 22.7 Å². The smallest absolute Gasteiger partial charge is 0.339 e. The lowest BCUT2D eigenvalue weighted by Gasteiger charge is -2.38. The summed E-state index contributed by atoms with van der Waals surface area (Å²) in [5, 5.41) is 0. The fourth-order valence-corrected chi connectivity index (χ4v) is 5.31. The first-order valence-electron chi connectivity index (χ1n) is 8.43. The van der Waals surface area contributed by atoms with Crippen LogP contribution in [0.1, 0.15) is 28.8 Å². The first-order valence-corrected chi connectivity index (χ1v) is 9.87. The molecule has 0 saturated carbocycles. The monoisotopic (exact) mass is 373 g/mol. The van der Waals surface area contributed by atoms with Gasteiger partial charge in [0.1, 0.15) is 5.75 Å². The van der Waals surface area contributed by atoms with Crippen LogP contribution in [0.25, 0.3) is 0 Å². The predicted octanol–water partition coefficient (Wildman–Crippen LogP) is 2.55. The summed E-state index contributed by atoms with van der Waals surface area (Å²) in [6.45, 7) is 0.510. The molecule has 2 heterocycles. The van der Waals surface area contributed by atoms with Gasteiger partial charge in [-0.1, -0.05) is 24.3 Å². The number of fused-ring (bicyclic) bond motifs is 2. The molecule has 0 aromatic heterocycles. The molecule has 7 heteroatoms. The Morgan fingerprint density at radius 3 is 2.77 bits per heavy atom. The van der Waals surface area contributed by atoms with E-state index in [1.807, 2.05) is 12.1 Å². The van der Waals surface area contributed by atoms with Crippen LogP contribution in [-0.4, -0.2) is 38.9 Å². The van der Waals surface area contributed by atoms with Crippen LogP contribution in [0.4, 0.5) is 0 Å². The summed E-state index contributed by atoms with van der Waals surface area (Å²) >= 11 is 0. The molecule has 2 aromatic rings. The predicted molar refractivity (Wildman–Crippen MR) is 94.5 cm³/mol. The molecule has 0 N–H and O–H groups in total. The van der Waals surface area contributed by atoms with Gasteiger partial charge in [-0.2, -0.15) is 4.31 Å². The van der Waals surface area contributed by atoms with E-state index in [0.717, 1.165) is 5.56 Å². The molecule has 0 aliphatic carbocycles. The summed E-state index contributed by atoms with van der Waals surface area (Å²) in [5.41, 5.74) is 0.390. The second-order valence-electron chi connectivity index (χ2n) is 6.55. The van der Waals surface area contributed by atoms with Crippen LogP contribution in [0.5, 0.6) is 5.75 Å².